The zero-order valence-corrected chi connectivity index (χ0v) is 17.1. The Morgan fingerprint density at radius 2 is 1.97 bits per heavy atom. The van der Waals surface area contributed by atoms with E-state index in [9.17, 15) is 13.2 Å². The van der Waals surface area contributed by atoms with Crippen LogP contribution in [0.2, 0.25) is 0 Å². The molecule has 2 aromatic heterocycles. The van der Waals surface area contributed by atoms with Gasteiger partial charge in [0.25, 0.3) is 10.0 Å². The molecule has 152 valence electrons. The Bertz CT molecular complexity index is 1330. The van der Waals surface area contributed by atoms with E-state index in [-0.39, 0.29) is 16.4 Å². The Hall–Kier alpha value is -3.72. The predicted molar refractivity (Wildman–Crippen MR) is 112 cm³/mol. The highest BCUT2D eigenvalue weighted by molar-refractivity contribution is 7.92. The number of fused-ring (bicyclic) bond motifs is 1. The minimum Gasteiger partial charge on any atom is -0.495 e. The van der Waals surface area contributed by atoms with Crippen LogP contribution in [0.25, 0.3) is 17.0 Å². The fourth-order valence-corrected chi connectivity index (χ4v) is 4.11. The summed E-state index contributed by atoms with van der Waals surface area (Å²) in [6, 6.07) is 12.8. The number of Topliss-reactive ketones (excluding diaryl/α,β-unsaturated/α-hetero) is 1. The summed E-state index contributed by atoms with van der Waals surface area (Å²) in [7, 11) is -2.49. The number of ether oxygens (including phenoxy) is 1. The van der Waals surface area contributed by atoms with Gasteiger partial charge in [-0.05, 0) is 43.3 Å². The second-order valence-corrected chi connectivity index (χ2v) is 8.24. The second-order valence-electron chi connectivity index (χ2n) is 6.56. The van der Waals surface area contributed by atoms with Gasteiger partial charge in [-0.2, -0.15) is 0 Å². The summed E-state index contributed by atoms with van der Waals surface area (Å²) < 4.78 is 35.5. The molecule has 0 saturated carbocycles. The predicted octanol–water partition coefficient (Wildman–Crippen LogP) is 3.41. The van der Waals surface area contributed by atoms with Crippen LogP contribution < -0.4 is 9.46 Å². The Morgan fingerprint density at radius 1 is 1.13 bits per heavy atom. The van der Waals surface area contributed by atoms with E-state index in [0.29, 0.717) is 28.3 Å². The standard InChI is InChI=1S/C21H18N4O4S/c1-14(26)15-5-3-6-17(11-15)30(27,28)24-18-12-16(7-8-20(18)29-2)19-13-25-10-4-9-22-21(25)23-19/h3-13,24H,1-2H3. The maximum atomic E-state index is 12.9. The molecule has 0 atom stereocenters. The van der Waals surface area contributed by atoms with Crippen molar-refractivity contribution in [3.63, 3.8) is 0 Å². The van der Waals surface area contributed by atoms with Gasteiger partial charge in [0.2, 0.25) is 5.78 Å². The number of methoxy groups -OCH3 is 1. The van der Waals surface area contributed by atoms with Crippen molar-refractivity contribution in [2.45, 2.75) is 11.8 Å². The molecule has 1 N–H and O–H groups in total. The molecule has 0 fully saturated rings. The summed E-state index contributed by atoms with van der Waals surface area (Å²) in [5.41, 5.74) is 1.90. The average Bonchev–Trinajstić information content (AvgIpc) is 3.18. The fourth-order valence-electron chi connectivity index (χ4n) is 3.00. The van der Waals surface area contributed by atoms with Gasteiger partial charge >= 0.3 is 0 Å². The number of carbonyl (C=O) groups excluding carboxylic acids is 1. The number of aromatic nitrogens is 3. The van der Waals surface area contributed by atoms with Gasteiger partial charge in [0.05, 0.1) is 23.4 Å². The van der Waals surface area contributed by atoms with Crippen molar-refractivity contribution in [2.75, 3.05) is 11.8 Å². The van der Waals surface area contributed by atoms with Crippen molar-refractivity contribution >= 4 is 27.3 Å². The van der Waals surface area contributed by atoms with Gasteiger partial charge in [0.1, 0.15) is 5.75 Å². The lowest BCUT2D eigenvalue weighted by molar-refractivity contribution is 0.101. The minimum absolute atomic E-state index is 0.0143. The molecule has 30 heavy (non-hydrogen) atoms. The molecule has 0 aliphatic rings. The van der Waals surface area contributed by atoms with Crippen LogP contribution in [-0.4, -0.2) is 35.7 Å². The summed E-state index contributed by atoms with van der Waals surface area (Å²) in [4.78, 5) is 20.2. The number of anilines is 1. The highest BCUT2D eigenvalue weighted by Gasteiger charge is 2.19. The number of ketones is 1. The first-order chi connectivity index (χ1) is 14.4. The molecule has 0 unspecified atom stereocenters. The molecule has 2 aromatic carbocycles. The maximum Gasteiger partial charge on any atom is 0.262 e. The number of hydrogen-bond acceptors (Lipinski definition) is 6. The molecule has 0 bridgehead atoms. The number of imidazole rings is 1. The average molecular weight is 422 g/mol. The zero-order valence-electron chi connectivity index (χ0n) is 16.2. The van der Waals surface area contributed by atoms with Crippen LogP contribution in [0.5, 0.6) is 5.75 Å². The van der Waals surface area contributed by atoms with E-state index >= 15 is 0 Å². The number of nitrogens with one attached hydrogen (secondary N) is 1. The highest BCUT2D eigenvalue weighted by Crippen LogP contribution is 2.32. The van der Waals surface area contributed by atoms with Crippen molar-refractivity contribution in [3.05, 3.63) is 72.7 Å². The molecule has 0 aliphatic carbocycles. The number of sulfonamides is 1. The highest BCUT2D eigenvalue weighted by atomic mass is 32.2. The van der Waals surface area contributed by atoms with Gasteiger partial charge in [-0.1, -0.05) is 12.1 Å². The lowest BCUT2D eigenvalue weighted by Gasteiger charge is -2.13. The van der Waals surface area contributed by atoms with Crippen molar-refractivity contribution in [1.29, 1.82) is 0 Å². The summed E-state index contributed by atoms with van der Waals surface area (Å²) in [6.45, 7) is 1.38. The summed E-state index contributed by atoms with van der Waals surface area (Å²) in [6.07, 6.45) is 5.28. The van der Waals surface area contributed by atoms with E-state index in [2.05, 4.69) is 14.7 Å². The first-order valence-corrected chi connectivity index (χ1v) is 10.5. The number of hydrogen-bond donors (Lipinski definition) is 1. The van der Waals surface area contributed by atoms with Crippen LogP contribution in [0.3, 0.4) is 0 Å². The van der Waals surface area contributed by atoms with Crippen molar-refractivity contribution in [2.24, 2.45) is 0 Å². The van der Waals surface area contributed by atoms with E-state index in [4.69, 9.17) is 4.74 Å². The molecule has 4 rings (SSSR count). The van der Waals surface area contributed by atoms with E-state index in [1.807, 2.05) is 6.20 Å². The number of nitrogens with zero attached hydrogens (tertiary/aromatic N) is 3. The molecule has 2 heterocycles. The van der Waals surface area contributed by atoms with Crippen LogP contribution in [0.15, 0.2) is 72.0 Å². The maximum absolute atomic E-state index is 12.9. The van der Waals surface area contributed by atoms with Gasteiger partial charge in [-0.25, -0.2) is 18.4 Å². The lowest BCUT2D eigenvalue weighted by Crippen LogP contribution is -2.14. The largest absolute Gasteiger partial charge is 0.495 e. The van der Waals surface area contributed by atoms with E-state index in [1.165, 1.54) is 32.2 Å². The van der Waals surface area contributed by atoms with Crippen molar-refractivity contribution in [1.82, 2.24) is 14.4 Å². The Labute approximate surface area is 173 Å². The Morgan fingerprint density at radius 3 is 2.70 bits per heavy atom. The smallest absolute Gasteiger partial charge is 0.262 e. The van der Waals surface area contributed by atoms with Crippen LogP contribution in [0, 0.1) is 0 Å². The first kappa shape index (κ1) is 19.6. The summed E-state index contributed by atoms with van der Waals surface area (Å²) in [5.74, 6) is 0.672. The van der Waals surface area contributed by atoms with Gasteiger partial charge in [-0.15, -0.1) is 0 Å². The third kappa shape index (κ3) is 3.74. The SMILES string of the molecule is COc1ccc(-c2cn3cccnc3n2)cc1NS(=O)(=O)c1cccc(C(C)=O)c1. The monoisotopic (exact) mass is 422 g/mol. The first-order valence-electron chi connectivity index (χ1n) is 8.99. The number of carbonyl (C=O) groups is 1. The third-order valence-corrected chi connectivity index (χ3v) is 5.89. The number of benzene rings is 2. The zero-order chi connectivity index (χ0) is 21.3. The normalized spacial score (nSPS) is 11.4. The molecule has 9 heteroatoms. The molecule has 0 saturated heterocycles. The van der Waals surface area contributed by atoms with Crippen LogP contribution in [0.4, 0.5) is 5.69 Å². The number of rotatable bonds is 6. The molecule has 0 aliphatic heterocycles. The summed E-state index contributed by atoms with van der Waals surface area (Å²) >= 11 is 0. The van der Waals surface area contributed by atoms with Crippen LogP contribution in [0.1, 0.15) is 17.3 Å². The van der Waals surface area contributed by atoms with Gasteiger partial charge in [-0.3, -0.25) is 13.9 Å². The topological polar surface area (TPSA) is 103 Å². The Kier molecular flexibility index (Phi) is 4.96. The second kappa shape index (κ2) is 7.60. The van der Waals surface area contributed by atoms with Crippen LogP contribution >= 0.6 is 0 Å². The van der Waals surface area contributed by atoms with Crippen molar-refractivity contribution in [3.8, 4) is 17.0 Å². The third-order valence-electron chi connectivity index (χ3n) is 4.53. The molecule has 8 nitrogen and oxygen atoms in total. The Balaban J connectivity index is 1.73. The molecule has 0 amide bonds. The molecule has 0 spiro atoms. The van der Waals surface area contributed by atoms with Crippen molar-refractivity contribution < 1.29 is 17.9 Å². The van der Waals surface area contributed by atoms with Gasteiger partial charge in [0, 0.05) is 29.7 Å². The van der Waals surface area contributed by atoms with E-state index < -0.39 is 10.0 Å². The molecule has 4 aromatic rings. The van der Waals surface area contributed by atoms with Gasteiger partial charge < -0.3 is 4.74 Å². The lowest BCUT2D eigenvalue weighted by atomic mass is 10.1. The van der Waals surface area contributed by atoms with E-state index in [1.54, 1.807) is 47.1 Å². The molecular weight excluding hydrogens is 404 g/mol. The molecular formula is C21H18N4O4S. The van der Waals surface area contributed by atoms with Crippen LogP contribution in [-0.2, 0) is 10.0 Å². The van der Waals surface area contributed by atoms with Gasteiger partial charge in [0.15, 0.2) is 5.78 Å². The fraction of sp³-hybridized carbons (Fsp3) is 0.0952. The van der Waals surface area contributed by atoms with E-state index in [0.717, 1.165) is 0 Å². The molecule has 0 radical (unpaired) electrons. The quantitative estimate of drug-likeness (QED) is 0.478. The summed E-state index contributed by atoms with van der Waals surface area (Å²) in [5, 5.41) is 0. The minimum atomic E-state index is -3.95.